The molecule has 1 amide bonds. The first-order valence-corrected chi connectivity index (χ1v) is 13.4. The first-order valence-electron chi connectivity index (χ1n) is 10.6. The number of halogens is 1. The van der Waals surface area contributed by atoms with E-state index in [4.69, 9.17) is 0 Å². The van der Waals surface area contributed by atoms with Crippen LogP contribution in [0.2, 0.25) is 0 Å². The van der Waals surface area contributed by atoms with Crippen molar-refractivity contribution >= 4 is 27.5 Å². The zero-order chi connectivity index (χ0) is 22.0. The van der Waals surface area contributed by atoms with Gasteiger partial charge in [-0.05, 0) is 43.5 Å². The van der Waals surface area contributed by atoms with Gasteiger partial charge in [0.2, 0.25) is 5.91 Å². The highest BCUT2D eigenvalue weighted by atomic mass is 32.2. The van der Waals surface area contributed by atoms with E-state index in [2.05, 4.69) is 10.2 Å². The second-order valence-electron chi connectivity index (χ2n) is 8.31. The number of rotatable bonds is 6. The Balaban J connectivity index is 1.47. The largest absolute Gasteiger partial charge is 0.335 e. The van der Waals surface area contributed by atoms with Crippen LogP contribution in [0.25, 0.3) is 11.4 Å². The number of amides is 1. The normalized spacial score (nSPS) is 21.3. The van der Waals surface area contributed by atoms with Crippen molar-refractivity contribution in [3.63, 3.8) is 0 Å². The van der Waals surface area contributed by atoms with Gasteiger partial charge in [-0.1, -0.05) is 31.0 Å². The van der Waals surface area contributed by atoms with Crippen molar-refractivity contribution in [1.29, 1.82) is 0 Å². The summed E-state index contributed by atoms with van der Waals surface area (Å²) < 4.78 is 39.1. The second kappa shape index (κ2) is 9.28. The van der Waals surface area contributed by atoms with Gasteiger partial charge in [-0.25, -0.2) is 12.8 Å². The van der Waals surface area contributed by atoms with Crippen LogP contribution < -0.4 is 0 Å². The molecule has 1 atom stereocenters. The molecule has 1 aromatic carbocycles. The predicted octanol–water partition coefficient (Wildman–Crippen LogP) is 3.06. The molecule has 10 heteroatoms. The lowest BCUT2D eigenvalue weighted by Gasteiger charge is -2.38. The van der Waals surface area contributed by atoms with E-state index in [-0.39, 0.29) is 41.1 Å². The summed E-state index contributed by atoms with van der Waals surface area (Å²) in [6.07, 6.45) is 5.71. The van der Waals surface area contributed by atoms with Gasteiger partial charge in [0.1, 0.15) is 5.82 Å². The number of nitrogens with zero attached hydrogens (tertiary/aromatic N) is 4. The highest BCUT2D eigenvalue weighted by Gasteiger charge is 2.38. The number of aromatic nitrogens is 3. The summed E-state index contributed by atoms with van der Waals surface area (Å²) in [5, 5.41) is 8.98. The van der Waals surface area contributed by atoms with Crippen LogP contribution in [0.5, 0.6) is 0 Å². The molecule has 0 bridgehead atoms. The van der Waals surface area contributed by atoms with Crippen molar-refractivity contribution in [2.75, 3.05) is 17.3 Å². The lowest BCUT2D eigenvalue weighted by atomic mass is 9.93. The van der Waals surface area contributed by atoms with Gasteiger partial charge in [-0.15, -0.1) is 10.2 Å². The van der Waals surface area contributed by atoms with Gasteiger partial charge in [0.25, 0.3) is 0 Å². The van der Waals surface area contributed by atoms with Crippen LogP contribution in [0.3, 0.4) is 0 Å². The van der Waals surface area contributed by atoms with Gasteiger partial charge in [-0.2, -0.15) is 0 Å². The summed E-state index contributed by atoms with van der Waals surface area (Å²) >= 11 is 1.30. The third kappa shape index (κ3) is 5.11. The van der Waals surface area contributed by atoms with E-state index in [1.165, 1.54) is 30.3 Å². The van der Waals surface area contributed by atoms with Gasteiger partial charge in [0.05, 0.1) is 17.3 Å². The van der Waals surface area contributed by atoms with Crippen molar-refractivity contribution in [2.45, 2.75) is 55.8 Å². The standard InChI is InChI=1S/C21H27FN4O3S2/c1-25-20(15-7-9-16(22)10-8-15)23-24-21(25)30-13-19(27)26(17-5-3-2-4-6-17)18-11-12-31(28,29)14-18/h7-10,17-18H,2-6,11-14H2,1H3/t18-/m1/s1. The second-order valence-corrected chi connectivity index (χ2v) is 11.5. The van der Waals surface area contributed by atoms with E-state index < -0.39 is 9.84 Å². The summed E-state index contributed by atoms with van der Waals surface area (Å²) in [5.41, 5.74) is 0.745. The Kier molecular flexibility index (Phi) is 6.66. The van der Waals surface area contributed by atoms with Crippen LogP contribution in [0, 0.1) is 5.82 Å². The summed E-state index contributed by atoms with van der Waals surface area (Å²) in [6, 6.07) is 5.93. The molecular weight excluding hydrogens is 439 g/mol. The molecule has 1 saturated carbocycles. The summed E-state index contributed by atoms with van der Waals surface area (Å²) in [5.74, 6) is 0.654. The maximum Gasteiger partial charge on any atom is 0.233 e. The van der Waals surface area contributed by atoms with Gasteiger partial charge >= 0.3 is 0 Å². The summed E-state index contributed by atoms with van der Waals surface area (Å²) in [6.45, 7) is 0. The van der Waals surface area contributed by atoms with E-state index in [1.54, 1.807) is 16.7 Å². The summed E-state index contributed by atoms with van der Waals surface area (Å²) in [7, 11) is -1.26. The predicted molar refractivity (Wildman–Crippen MR) is 118 cm³/mol. The van der Waals surface area contributed by atoms with Crippen molar-refractivity contribution < 1.29 is 17.6 Å². The zero-order valence-electron chi connectivity index (χ0n) is 17.5. The maximum atomic E-state index is 13.3. The number of hydrogen-bond acceptors (Lipinski definition) is 6. The van der Waals surface area contributed by atoms with E-state index in [0.29, 0.717) is 17.4 Å². The molecular formula is C21H27FN4O3S2. The Morgan fingerprint density at radius 3 is 2.48 bits per heavy atom. The Hall–Kier alpha value is -1.94. The molecule has 2 fully saturated rings. The smallest absolute Gasteiger partial charge is 0.233 e. The van der Waals surface area contributed by atoms with Crippen molar-refractivity contribution in [3.05, 3.63) is 30.1 Å². The minimum atomic E-state index is -3.07. The van der Waals surface area contributed by atoms with Crippen LogP contribution in [-0.2, 0) is 21.7 Å². The van der Waals surface area contributed by atoms with Crippen LogP contribution in [0.1, 0.15) is 38.5 Å². The third-order valence-corrected chi connectivity index (χ3v) is 8.88. The van der Waals surface area contributed by atoms with E-state index in [0.717, 1.165) is 31.2 Å². The average molecular weight is 467 g/mol. The first-order chi connectivity index (χ1) is 14.8. The SMILES string of the molecule is Cn1c(SCC(=O)N(C2CCCCC2)[C@@H]2CCS(=O)(=O)C2)nnc1-c1ccc(F)cc1. The van der Waals surface area contributed by atoms with Crippen LogP contribution in [-0.4, -0.2) is 63.3 Å². The molecule has 0 N–H and O–H groups in total. The molecule has 1 aliphatic heterocycles. The molecule has 0 unspecified atom stereocenters. The topological polar surface area (TPSA) is 85.2 Å². The molecule has 2 aliphatic rings. The molecule has 7 nitrogen and oxygen atoms in total. The average Bonchev–Trinajstić information content (AvgIpc) is 3.30. The number of hydrogen-bond donors (Lipinski definition) is 0. The number of thioether (sulfide) groups is 1. The quantitative estimate of drug-likeness (QED) is 0.609. The molecule has 4 rings (SSSR count). The number of carbonyl (C=O) groups excluding carboxylic acids is 1. The number of sulfone groups is 1. The van der Waals surface area contributed by atoms with Crippen molar-refractivity contribution in [2.24, 2.45) is 7.05 Å². The molecule has 0 spiro atoms. The molecule has 2 heterocycles. The first kappa shape index (κ1) is 22.3. The molecule has 1 saturated heterocycles. The van der Waals surface area contributed by atoms with E-state index >= 15 is 0 Å². The number of carbonyl (C=O) groups is 1. The molecule has 0 radical (unpaired) electrons. The van der Waals surface area contributed by atoms with E-state index in [9.17, 15) is 17.6 Å². The van der Waals surface area contributed by atoms with Gasteiger partial charge < -0.3 is 9.47 Å². The molecule has 168 valence electrons. The fraction of sp³-hybridized carbons (Fsp3) is 0.571. The zero-order valence-corrected chi connectivity index (χ0v) is 19.2. The Morgan fingerprint density at radius 2 is 1.84 bits per heavy atom. The van der Waals surface area contributed by atoms with Crippen molar-refractivity contribution in [3.8, 4) is 11.4 Å². The van der Waals surface area contributed by atoms with Crippen molar-refractivity contribution in [1.82, 2.24) is 19.7 Å². The van der Waals surface area contributed by atoms with Gasteiger partial charge in [-0.3, -0.25) is 4.79 Å². The monoisotopic (exact) mass is 466 g/mol. The van der Waals surface area contributed by atoms with Crippen LogP contribution in [0.4, 0.5) is 4.39 Å². The molecule has 1 aliphatic carbocycles. The summed E-state index contributed by atoms with van der Waals surface area (Å²) in [4.78, 5) is 15.1. The van der Waals surface area contributed by atoms with Crippen LogP contribution >= 0.6 is 11.8 Å². The molecule has 1 aromatic heterocycles. The highest BCUT2D eigenvalue weighted by molar-refractivity contribution is 7.99. The van der Waals surface area contributed by atoms with Gasteiger partial charge in [0.15, 0.2) is 20.8 Å². The lowest BCUT2D eigenvalue weighted by molar-refractivity contribution is -0.133. The Bertz CT molecular complexity index is 1030. The molecule has 31 heavy (non-hydrogen) atoms. The fourth-order valence-electron chi connectivity index (χ4n) is 4.55. The molecule has 2 aromatic rings. The van der Waals surface area contributed by atoms with Gasteiger partial charge in [0, 0.05) is 24.7 Å². The minimum Gasteiger partial charge on any atom is -0.335 e. The fourth-order valence-corrected chi connectivity index (χ4v) is 7.04. The van der Waals surface area contributed by atoms with E-state index in [1.807, 2.05) is 11.9 Å². The van der Waals surface area contributed by atoms with Crippen LogP contribution in [0.15, 0.2) is 29.4 Å². The Labute approximate surface area is 186 Å². The number of benzene rings is 1. The lowest BCUT2D eigenvalue weighted by Crippen LogP contribution is -2.49. The Morgan fingerprint density at radius 1 is 1.13 bits per heavy atom. The third-order valence-electron chi connectivity index (χ3n) is 6.12. The maximum absolute atomic E-state index is 13.3. The highest BCUT2D eigenvalue weighted by Crippen LogP contribution is 2.30. The minimum absolute atomic E-state index is 0.0367.